The molecular weight excluding hydrogens is 240 g/mol. The van der Waals surface area contributed by atoms with E-state index in [1.54, 1.807) is 23.3 Å². The summed E-state index contributed by atoms with van der Waals surface area (Å²) in [7, 11) is 0. The molecule has 1 fully saturated rings. The fourth-order valence-corrected chi connectivity index (χ4v) is 1.86. The molecule has 1 N–H and O–H groups in total. The van der Waals surface area contributed by atoms with Crippen LogP contribution in [0, 0.1) is 11.3 Å². The van der Waals surface area contributed by atoms with Gasteiger partial charge in [-0.1, -0.05) is 12.2 Å². The first kappa shape index (κ1) is 15.0. The minimum Gasteiger partial charge on any atom is -0.369 e. The fraction of sp³-hybridized carbons (Fsp3) is 0.429. The highest BCUT2D eigenvalue weighted by atomic mass is 16.2. The molecule has 1 heterocycles. The van der Waals surface area contributed by atoms with Gasteiger partial charge < -0.3 is 15.1 Å². The van der Waals surface area contributed by atoms with Gasteiger partial charge in [0, 0.05) is 45.5 Å². The monoisotopic (exact) mass is 260 g/mol. The lowest BCUT2D eigenvalue weighted by atomic mass is 10.2. The molecule has 1 amide bonds. The van der Waals surface area contributed by atoms with Crippen LogP contribution in [0.1, 0.15) is 0 Å². The zero-order valence-corrected chi connectivity index (χ0v) is 11.1. The van der Waals surface area contributed by atoms with Crippen molar-refractivity contribution in [1.29, 1.82) is 5.26 Å². The Balaban J connectivity index is 2.78. The Morgan fingerprint density at radius 3 is 2.37 bits per heavy atom. The van der Waals surface area contributed by atoms with Gasteiger partial charge in [-0.05, 0) is 0 Å². The van der Waals surface area contributed by atoms with Crippen molar-refractivity contribution in [3.63, 3.8) is 0 Å². The molecule has 0 atom stereocenters. The van der Waals surface area contributed by atoms with Crippen LogP contribution in [-0.4, -0.2) is 55.0 Å². The standard InChI is InChI=1S/C14H20N4O/c1-3-7-17(8-4-2)12-13(11-15)14(19)18-9-5-16-6-10-18/h3-4,12,16H,1-2,5-10H2/b13-12-. The van der Waals surface area contributed by atoms with E-state index in [1.807, 2.05) is 11.0 Å². The summed E-state index contributed by atoms with van der Waals surface area (Å²) in [4.78, 5) is 15.7. The summed E-state index contributed by atoms with van der Waals surface area (Å²) in [6.45, 7) is 11.3. The van der Waals surface area contributed by atoms with Crippen molar-refractivity contribution < 1.29 is 4.79 Å². The minimum atomic E-state index is -0.206. The number of hydrogen-bond acceptors (Lipinski definition) is 4. The van der Waals surface area contributed by atoms with Crippen LogP contribution < -0.4 is 5.32 Å². The Morgan fingerprint density at radius 2 is 1.89 bits per heavy atom. The highest BCUT2D eigenvalue weighted by Crippen LogP contribution is 2.05. The van der Waals surface area contributed by atoms with Crippen molar-refractivity contribution in [2.75, 3.05) is 39.3 Å². The van der Waals surface area contributed by atoms with Gasteiger partial charge in [0.25, 0.3) is 5.91 Å². The van der Waals surface area contributed by atoms with Gasteiger partial charge in [0.1, 0.15) is 11.6 Å². The Kier molecular flexibility index (Phi) is 6.41. The quantitative estimate of drug-likeness (QED) is 0.429. The fourth-order valence-electron chi connectivity index (χ4n) is 1.86. The summed E-state index contributed by atoms with van der Waals surface area (Å²) >= 11 is 0. The van der Waals surface area contributed by atoms with E-state index in [-0.39, 0.29) is 11.5 Å². The van der Waals surface area contributed by atoms with Crippen LogP contribution in [0.4, 0.5) is 0 Å². The van der Waals surface area contributed by atoms with Crippen molar-refractivity contribution in [3.8, 4) is 6.07 Å². The number of amides is 1. The second-order valence-electron chi connectivity index (χ2n) is 4.23. The molecule has 1 aliphatic heterocycles. The Labute approximate surface area is 114 Å². The molecule has 0 spiro atoms. The van der Waals surface area contributed by atoms with Gasteiger partial charge in [-0.25, -0.2) is 0 Å². The Bertz CT molecular complexity index is 392. The molecule has 5 heteroatoms. The first-order chi connectivity index (χ1) is 9.22. The summed E-state index contributed by atoms with van der Waals surface area (Å²) < 4.78 is 0. The molecule has 0 aromatic carbocycles. The predicted octanol–water partition coefficient (Wildman–Crippen LogP) is 0.500. The molecule has 5 nitrogen and oxygen atoms in total. The van der Waals surface area contributed by atoms with Crippen LogP contribution in [0.2, 0.25) is 0 Å². The number of nitrogens with one attached hydrogen (secondary N) is 1. The van der Waals surface area contributed by atoms with E-state index in [1.165, 1.54) is 0 Å². The van der Waals surface area contributed by atoms with Crippen molar-refractivity contribution in [2.24, 2.45) is 0 Å². The van der Waals surface area contributed by atoms with Crippen molar-refractivity contribution in [1.82, 2.24) is 15.1 Å². The number of carbonyl (C=O) groups is 1. The normalized spacial score (nSPS) is 15.5. The van der Waals surface area contributed by atoms with Crippen LogP contribution >= 0.6 is 0 Å². The third kappa shape index (κ3) is 4.60. The molecule has 1 aliphatic rings. The molecule has 1 rings (SSSR count). The zero-order chi connectivity index (χ0) is 14.1. The van der Waals surface area contributed by atoms with E-state index in [9.17, 15) is 4.79 Å². The van der Waals surface area contributed by atoms with E-state index in [0.717, 1.165) is 13.1 Å². The smallest absolute Gasteiger partial charge is 0.266 e. The topological polar surface area (TPSA) is 59.4 Å². The molecule has 102 valence electrons. The summed E-state index contributed by atoms with van der Waals surface area (Å²) in [5, 5.41) is 12.3. The first-order valence-corrected chi connectivity index (χ1v) is 6.30. The van der Waals surface area contributed by atoms with Gasteiger partial charge in [-0.15, -0.1) is 13.2 Å². The molecule has 0 aromatic rings. The number of rotatable bonds is 6. The molecule has 0 radical (unpaired) electrons. The van der Waals surface area contributed by atoms with Gasteiger partial charge in [0.05, 0.1) is 0 Å². The van der Waals surface area contributed by atoms with Gasteiger partial charge in [-0.3, -0.25) is 4.79 Å². The average Bonchev–Trinajstić information content (AvgIpc) is 2.45. The van der Waals surface area contributed by atoms with E-state index in [2.05, 4.69) is 18.5 Å². The SMILES string of the molecule is C=CCN(/C=C(/C#N)C(=O)N1CCNCC1)CC=C. The summed E-state index contributed by atoms with van der Waals surface area (Å²) in [5.74, 6) is -0.206. The van der Waals surface area contributed by atoms with E-state index >= 15 is 0 Å². The second-order valence-corrected chi connectivity index (χ2v) is 4.23. The zero-order valence-electron chi connectivity index (χ0n) is 11.1. The van der Waals surface area contributed by atoms with Gasteiger partial charge in [0.2, 0.25) is 0 Å². The maximum absolute atomic E-state index is 12.2. The molecule has 0 aromatic heterocycles. The number of hydrogen-bond donors (Lipinski definition) is 1. The van der Waals surface area contributed by atoms with E-state index in [0.29, 0.717) is 26.2 Å². The third-order valence-corrected chi connectivity index (χ3v) is 2.79. The van der Waals surface area contributed by atoms with Crippen molar-refractivity contribution in [3.05, 3.63) is 37.1 Å². The minimum absolute atomic E-state index is 0.158. The lowest BCUT2D eigenvalue weighted by Gasteiger charge is -2.27. The molecule has 0 unspecified atom stereocenters. The van der Waals surface area contributed by atoms with Crippen LogP contribution in [0.15, 0.2) is 37.1 Å². The number of piperazine rings is 1. The summed E-state index contributed by atoms with van der Waals surface area (Å²) in [5.41, 5.74) is 0.158. The molecule has 0 aliphatic carbocycles. The highest BCUT2D eigenvalue weighted by molar-refractivity contribution is 5.97. The predicted molar refractivity (Wildman–Crippen MR) is 75.1 cm³/mol. The van der Waals surface area contributed by atoms with Crippen molar-refractivity contribution >= 4 is 5.91 Å². The lowest BCUT2D eigenvalue weighted by molar-refractivity contribution is -0.127. The number of nitrogens with zero attached hydrogens (tertiary/aromatic N) is 3. The largest absolute Gasteiger partial charge is 0.369 e. The second kappa shape index (κ2) is 8.11. The lowest BCUT2D eigenvalue weighted by Crippen LogP contribution is -2.47. The Hall–Kier alpha value is -2.06. The van der Waals surface area contributed by atoms with Gasteiger partial charge >= 0.3 is 0 Å². The van der Waals surface area contributed by atoms with E-state index in [4.69, 9.17) is 5.26 Å². The molecule has 0 bridgehead atoms. The molecule has 1 saturated heterocycles. The van der Waals surface area contributed by atoms with Crippen LogP contribution in [0.3, 0.4) is 0 Å². The summed E-state index contributed by atoms with van der Waals surface area (Å²) in [6, 6.07) is 1.99. The first-order valence-electron chi connectivity index (χ1n) is 6.30. The maximum atomic E-state index is 12.2. The van der Waals surface area contributed by atoms with E-state index < -0.39 is 0 Å². The molecule has 0 saturated carbocycles. The number of nitriles is 1. The van der Waals surface area contributed by atoms with Gasteiger partial charge in [0.15, 0.2) is 0 Å². The molecular formula is C14H20N4O. The van der Waals surface area contributed by atoms with Crippen LogP contribution in [0.5, 0.6) is 0 Å². The van der Waals surface area contributed by atoms with Gasteiger partial charge in [-0.2, -0.15) is 5.26 Å². The van der Waals surface area contributed by atoms with Crippen LogP contribution in [0.25, 0.3) is 0 Å². The average molecular weight is 260 g/mol. The Morgan fingerprint density at radius 1 is 1.32 bits per heavy atom. The number of carbonyl (C=O) groups excluding carboxylic acids is 1. The van der Waals surface area contributed by atoms with Crippen LogP contribution in [-0.2, 0) is 4.79 Å². The van der Waals surface area contributed by atoms with Crippen molar-refractivity contribution in [2.45, 2.75) is 0 Å². The summed E-state index contributed by atoms with van der Waals surface area (Å²) in [6.07, 6.45) is 5.04. The maximum Gasteiger partial charge on any atom is 0.266 e. The molecule has 19 heavy (non-hydrogen) atoms. The highest BCUT2D eigenvalue weighted by Gasteiger charge is 2.20. The third-order valence-electron chi connectivity index (χ3n) is 2.79.